The van der Waals surface area contributed by atoms with E-state index in [2.05, 4.69) is 21.0 Å². The van der Waals surface area contributed by atoms with Crippen molar-refractivity contribution in [2.24, 2.45) is 7.05 Å². The predicted molar refractivity (Wildman–Crippen MR) is 102 cm³/mol. The van der Waals surface area contributed by atoms with Crippen LogP contribution in [0.3, 0.4) is 0 Å². The van der Waals surface area contributed by atoms with Crippen LogP contribution in [0.4, 0.5) is 10.5 Å². The third kappa shape index (κ3) is 4.84. The molecule has 0 fully saturated rings. The molecule has 2 aromatic rings. The minimum absolute atomic E-state index is 0.104. The summed E-state index contributed by atoms with van der Waals surface area (Å²) in [6.07, 6.45) is 3.35. The van der Waals surface area contributed by atoms with Crippen molar-refractivity contribution >= 4 is 17.6 Å². The third-order valence-corrected chi connectivity index (χ3v) is 4.20. The van der Waals surface area contributed by atoms with Crippen LogP contribution in [0, 0.1) is 6.92 Å². The molecule has 0 aliphatic carbocycles. The molecule has 7 nitrogen and oxygen atoms in total. The van der Waals surface area contributed by atoms with Gasteiger partial charge in [-0.05, 0) is 49.6 Å². The molecule has 7 heteroatoms. The molecule has 0 bridgehead atoms. The molecule has 0 aliphatic rings. The lowest BCUT2D eigenvalue weighted by Crippen LogP contribution is -2.33. The number of nitrogens with one attached hydrogen (secondary N) is 3. The van der Waals surface area contributed by atoms with Crippen LogP contribution in [-0.2, 0) is 7.05 Å². The fraction of sp³-hybridized carbons (Fsp3) is 0.421. The number of hydrogen-bond donors (Lipinski definition) is 3. The second-order valence-electron chi connectivity index (χ2n) is 6.22. The number of benzene rings is 1. The normalized spacial score (nSPS) is 11.7. The molecule has 26 heavy (non-hydrogen) atoms. The van der Waals surface area contributed by atoms with E-state index < -0.39 is 0 Å². The van der Waals surface area contributed by atoms with Crippen molar-refractivity contribution in [2.75, 3.05) is 11.9 Å². The fourth-order valence-electron chi connectivity index (χ4n) is 2.71. The molecular weight excluding hydrogens is 330 g/mol. The van der Waals surface area contributed by atoms with Gasteiger partial charge in [-0.2, -0.15) is 5.10 Å². The third-order valence-electron chi connectivity index (χ3n) is 4.20. The minimum atomic E-state index is -0.288. The van der Waals surface area contributed by atoms with Crippen molar-refractivity contribution in [1.82, 2.24) is 20.4 Å². The summed E-state index contributed by atoms with van der Waals surface area (Å²) in [6.45, 7) is 6.52. The first-order valence-electron chi connectivity index (χ1n) is 8.90. The van der Waals surface area contributed by atoms with Crippen LogP contribution in [0.5, 0.6) is 0 Å². The van der Waals surface area contributed by atoms with Gasteiger partial charge >= 0.3 is 6.03 Å². The standard InChI is InChI=1S/C19H27N5O2/c1-5-10-20-18(25)14-7-8-16(13(3)12-14)23-19(26)22-15(6-2)17-9-11-21-24(17)4/h7-9,11-12,15H,5-6,10H2,1-4H3,(H,20,25)(H2,22,23,26). The average molecular weight is 357 g/mol. The van der Waals surface area contributed by atoms with E-state index in [1.165, 1.54) is 0 Å². The molecule has 0 radical (unpaired) electrons. The molecule has 1 aromatic carbocycles. The Morgan fingerprint density at radius 3 is 2.58 bits per heavy atom. The Kier molecular flexibility index (Phi) is 6.77. The molecule has 2 rings (SSSR count). The van der Waals surface area contributed by atoms with Crippen molar-refractivity contribution in [1.29, 1.82) is 0 Å². The lowest BCUT2D eigenvalue weighted by Gasteiger charge is -2.18. The Labute approximate surface area is 154 Å². The quantitative estimate of drug-likeness (QED) is 0.711. The molecule has 1 unspecified atom stereocenters. The van der Waals surface area contributed by atoms with Crippen LogP contribution in [0.25, 0.3) is 0 Å². The highest BCUT2D eigenvalue weighted by Gasteiger charge is 2.16. The number of rotatable bonds is 7. The smallest absolute Gasteiger partial charge is 0.319 e. The summed E-state index contributed by atoms with van der Waals surface area (Å²) in [6, 6.07) is 6.72. The maximum absolute atomic E-state index is 12.4. The SMILES string of the molecule is CCCNC(=O)c1ccc(NC(=O)NC(CC)c2ccnn2C)c(C)c1. The van der Waals surface area contributed by atoms with Crippen molar-refractivity contribution in [3.05, 3.63) is 47.3 Å². The zero-order valence-electron chi connectivity index (χ0n) is 15.8. The van der Waals surface area contributed by atoms with Crippen LogP contribution in [-0.4, -0.2) is 28.3 Å². The Morgan fingerprint density at radius 1 is 1.23 bits per heavy atom. The summed E-state index contributed by atoms with van der Waals surface area (Å²) in [7, 11) is 1.85. The topological polar surface area (TPSA) is 88.1 Å². The summed E-state index contributed by atoms with van der Waals surface area (Å²) in [5.41, 5.74) is 3.04. The first-order valence-corrected chi connectivity index (χ1v) is 8.90. The number of carbonyl (C=O) groups is 2. The number of amides is 3. The molecule has 3 N–H and O–H groups in total. The Hall–Kier alpha value is -2.83. The van der Waals surface area contributed by atoms with Gasteiger partial charge in [-0.3, -0.25) is 9.48 Å². The van der Waals surface area contributed by atoms with Gasteiger partial charge in [0.2, 0.25) is 0 Å². The zero-order chi connectivity index (χ0) is 19.1. The number of urea groups is 1. The summed E-state index contributed by atoms with van der Waals surface area (Å²) >= 11 is 0. The number of nitrogens with zero attached hydrogens (tertiary/aromatic N) is 2. The van der Waals surface area contributed by atoms with Crippen LogP contribution in [0.1, 0.15) is 54.3 Å². The second-order valence-corrected chi connectivity index (χ2v) is 6.22. The summed E-state index contributed by atoms with van der Waals surface area (Å²) < 4.78 is 1.75. The van der Waals surface area contributed by atoms with Crippen molar-refractivity contribution in [2.45, 2.75) is 39.7 Å². The second kappa shape index (κ2) is 9.03. The molecule has 0 spiro atoms. The van der Waals surface area contributed by atoms with Crippen molar-refractivity contribution < 1.29 is 9.59 Å². The van der Waals surface area contributed by atoms with Gasteiger partial charge in [0, 0.05) is 31.0 Å². The minimum Gasteiger partial charge on any atom is -0.352 e. The Bertz CT molecular complexity index is 769. The van der Waals surface area contributed by atoms with Gasteiger partial charge in [-0.15, -0.1) is 0 Å². The van der Waals surface area contributed by atoms with Crippen LogP contribution >= 0.6 is 0 Å². The molecule has 1 aromatic heterocycles. The average Bonchev–Trinajstić information content (AvgIpc) is 3.05. The predicted octanol–water partition coefficient (Wildman–Crippen LogP) is 3.14. The number of carbonyl (C=O) groups excluding carboxylic acids is 2. The molecule has 1 heterocycles. The molecular formula is C19H27N5O2. The van der Waals surface area contributed by atoms with E-state index in [0.717, 1.165) is 24.1 Å². The Morgan fingerprint density at radius 2 is 2.00 bits per heavy atom. The highest BCUT2D eigenvalue weighted by molar-refractivity contribution is 5.96. The molecule has 0 saturated carbocycles. The van der Waals surface area contributed by atoms with E-state index in [-0.39, 0.29) is 18.0 Å². The van der Waals surface area contributed by atoms with E-state index in [4.69, 9.17) is 0 Å². The highest BCUT2D eigenvalue weighted by atomic mass is 16.2. The van der Waals surface area contributed by atoms with Crippen LogP contribution < -0.4 is 16.0 Å². The summed E-state index contributed by atoms with van der Waals surface area (Å²) in [4.78, 5) is 24.4. The maximum atomic E-state index is 12.4. The molecule has 0 aliphatic heterocycles. The first kappa shape index (κ1) is 19.5. The summed E-state index contributed by atoms with van der Waals surface area (Å²) in [5, 5.41) is 12.8. The molecule has 3 amide bonds. The number of aromatic nitrogens is 2. The highest BCUT2D eigenvalue weighted by Crippen LogP contribution is 2.18. The maximum Gasteiger partial charge on any atom is 0.319 e. The monoisotopic (exact) mass is 357 g/mol. The fourth-order valence-corrected chi connectivity index (χ4v) is 2.71. The van der Waals surface area contributed by atoms with Gasteiger partial charge in [-0.1, -0.05) is 13.8 Å². The van der Waals surface area contributed by atoms with Crippen molar-refractivity contribution in [3.8, 4) is 0 Å². The van der Waals surface area contributed by atoms with Gasteiger partial charge in [0.25, 0.3) is 5.91 Å². The van der Waals surface area contributed by atoms with E-state index >= 15 is 0 Å². The first-order chi connectivity index (χ1) is 12.5. The number of anilines is 1. The van der Waals surface area contributed by atoms with E-state index in [0.29, 0.717) is 17.8 Å². The van der Waals surface area contributed by atoms with Crippen LogP contribution in [0.15, 0.2) is 30.5 Å². The van der Waals surface area contributed by atoms with Crippen LogP contribution in [0.2, 0.25) is 0 Å². The largest absolute Gasteiger partial charge is 0.352 e. The van der Waals surface area contributed by atoms with Gasteiger partial charge < -0.3 is 16.0 Å². The zero-order valence-corrected chi connectivity index (χ0v) is 15.8. The van der Waals surface area contributed by atoms with Gasteiger partial charge in [0.1, 0.15) is 0 Å². The van der Waals surface area contributed by atoms with E-state index in [1.807, 2.05) is 33.9 Å². The molecule has 1 atom stereocenters. The van der Waals surface area contributed by atoms with Crippen molar-refractivity contribution in [3.63, 3.8) is 0 Å². The number of aryl methyl sites for hydroxylation is 2. The van der Waals surface area contributed by atoms with E-state index in [9.17, 15) is 9.59 Å². The molecule has 0 saturated heterocycles. The summed E-state index contributed by atoms with van der Waals surface area (Å²) in [5.74, 6) is -0.104. The lowest BCUT2D eigenvalue weighted by atomic mass is 10.1. The Balaban J connectivity index is 2.02. The van der Waals surface area contributed by atoms with Gasteiger partial charge in [0.15, 0.2) is 0 Å². The van der Waals surface area contributed by atoms with Gasteiger partial charge in [0.05, 0.1) is 11.7 Å². The molecule has 140 valence electrons. The van der Waals surface area contributed by atoms with Gasteiger partial charge in [-0.25, -0.2) is 4.79 Å². The van der Waals surface area contributed by atoms with E-state index in [1.54, 1.807) is 29.1 Å². The number of hydrogen-bond acceptors (Lipinski definition) is 3. The lowest BCUT2D eigenvalue weighted by molar-refractivity contribution is 0.0953.